The number of hydrogen-bond acceptors (Lipinski definition) is 5. The van der Waals surface area contributed by atoms with E-state index in [9.17, 15) is 4.79 Å². The van der Waals surface area contributed by atoms with E-state index in [1.165, 1.54) is 38.6 Å². The van der Waals surface area contributed by atoms with Gasteiger partial charge in [-0.15, -0.1) is 0 Å². The quantitative estimate of drug-likeness (QED) is 0.417. The number of carbonyl (C=O) groups is 1. The molecule has 0 atom stereocenters. The van der Waals surface area contributed by atoms with Gasteiger partial charge >= 0.3 is 5.97 Å². The minimum Gasteiger partial charge on any atom is -0.493 e. The highest BCUT2D eigenvalue weighted by atomic mass is 35.5. The molecule has 126 valence electrons. The van der Waals surface area contributed by atoms with Gasteiger partial charge in [0, 0.05) is 10.6 Å². The van der Waals surface area contributed by atoms with Crippen LogP contribution in [-0.4, -0.2) is 26.4 Å². The van der Waals surface area contributed by atoms with Gasteiger partial charge in [0.25, 0.3) is 0 Å². The number of halogens is 3. The van der Waals surface area contributed by atoms with Crippen LogP contribution in [0, 0.1) is 0 Å². The summed E-state index contributed by atoms with van der Waals surface area (Å²) in [6.45, 7) is 0. The predicted octanol–water partition coefficient (Wildman–Crippen LogP) is 4.85. The van der Waals surface area contributed by atoms with Gasteiger partial charge in [0.1, 0.15) is 0 Å². The largest absolute Gasteiger partial charge is 0.493 e. The van der Waals surface area contributed by atoms with E-state index in [0.29, 0.717) is 22.1 Å². The summed E-state index contributed by atoms with van der Waals surface area (Å²) < 4.78 is 10.3. The van der Waals surface area contributed by atoms with E-state index in [-0.39, 0.29) is 15.6 Å². The number of oxime groups is 1. The number of methoxy groups -OCH3 is 2. The lowest BCUT2D eigenvalue weighted by molar-refractivity contribution is 0.0519. The molecule has 0 amide bonds. The van der Waals surface area contributed by atoms with Crippen molar-refractivity contribution in [1.82, 2.24) is 0 Å². The van der Waals surface area contributed by atoms with Gasteiger partial charge in [-0.2, -0.15) is 0 Å². The molecule has 0 aliphatic carbocycles. The Bertz CT molecular complexity index is 793. The summed E-state index contributed by atoms with van der Waals surface area (Å²) >= 11 is 17.9. The van der Waals surface area contributed by atoms with E-state index in [1.54, 1.807) is 12.1 Å². The van der Waals surface area contributed by atoms with Crippen LogP contribution >= 0.6 is 34.8 Å². The van der Waals surface area contributed by atoms with Crippen molar-refractivity contribution in [2.24, 2.45) is 5.16 Å². The number of benzene rings is 2. The van der Waals surface area contributed by atoms with E-state index in [4.69, 9.17) is 49.1 Å². The molecule has 5 nitrogen and oxygen atoms in total. The first-order valence-electron chi connectivity index (χ1n) is 6.58. The van der Waals surface area contributed by atoms with Gasteiger partial charge in [0.15, 0.2) is 11.5 Å². The van der Waals surface area contributed by atoms with Crippen LogP contribution < -0.4 is 9.47 Å². The molecule has 0 spiro atoms. The topological polar surface area (TPSA) is 57.1 Å². The van der Waals surface area contributed by atoms with Crippen molar-refractivity contribution in [1.29, 1.82) is 0 Å². The lowest BCUT2D eigenvalue weighted by atomic mass is 10.2. The van der Waals surface area contributed by atoms with Crippen LogP contribution in [0.2, 0.25) is 15.1 Å². The van der Waals surface area contributed by atoms with Crippen molar-refractivity contribution in [2.45, 2.75) is 0 Å². The summed E-state index contributed by atoms with van der Waals surface area (Å²) in [6, 6.07) is 7.72. The van der Waals surface area contributed by atoms with Crippen LogP contribution in [0.4, 0.5) is 0 Å². The molecule has 0 N–H and O–H groups in total. The van der Waals surface area contributed by atoms with Crippen LogP contribution in [0.5, 0.6) is 11.5 Å². The summed E-state index contributed by atoms with van der Waals surface area (Å²) in [5.41, 5.74) is 0.640. The smallest absolute Gasteiger partial charge is 0.367 e. The second-order valence-electron chi connectivity index (χ2n) is 4.44. The molecule has 0 fully saturated rings. The lowest BCUT2D eigenvalue weighted by Gasteiger charge is -2.10. The van der Waals surface area contributed by atoms with Crippen LogP contribution in [-0.2, 0) is 4.84 Å². The zero-order valence-corrected chi connectivity index (χ0v) is 14.9. The molecule has 0 heterocycles. The number of hydrogen-bond donors (Lipinski definition) is 0. The third-order valence-corrected chi connectivity index (χ3v) is 3.93. The highest BCUT2D eigenvalue weighted by Crippen LogP contribution is 2.36. The van der Waals surface area contributed by atoms with E-state index in [0.717, 1.165) is 0 Å². The number of nitrogens with zero attached hydrogens (tertiary/aromatic N) is 1. The maximum absolute atomic E-state index is 11.9. The molecule has 0 saturated carbocycles. The molecule has 0 aliphatic rings. The fraction of sp³-hybridized carbons (Fsp3) is 0.125. The molecule has 0 aromatic heterocycles. The standard InChI is InChI=1S/C16H12Cl3NO4/c1-22-13-6-3-9(14(19)15(13)23-2)8-20-24-16(21)11-5-4-10(17)7-12(11)18/h3-8H,1-2H3. The zero-order chi connectivity index (χ0) is 17.7. The summed E-state index contributed by atoms with van der Waals surface area (Å²) in [5.74, 6) is 0.115. The normalized spacial score (nSPS) is 10.7. The van der Waals surface area contributed by atoms with Gasteiger partial charge in [0.2, 0.25) is 0 Å². The van der Waals surface area contributed by atoms with E-state index >= 15 is 0 Å². The van der Waals surface area contributed by atoms with Gasteiger partial charge in [-0.25, -0.2) is 4.79 Å². The molecule has 0 aliphatic heterocycles. The maximum atomic E-state index is 11.9. The molecule has 2 aromatic rings. The SMILES string of the molecule is COc1ccc(C=NOC(=O)c2ccc(Cl)cc2Cl)c(Cl)c1OC. The summed E-state index contributed by atoms with van der Waals surface area (Å²) in [7, 11) is 2.97. The Morgan fingerprint density at radius 2 is 1.83 bits per heavy atom. The van der Waals surface area contributed by atoms with Gasteiger partial charge in [-0.05, 0) is 30.3 Å². The second-order valence-corrected chi connectivity index (χ2v) is 5.66. The van der Waals surface area contributed by atoms with Crippen LogP contribution in [0.15, 0.2) is 35.5 Å². The lowest BCUT2D eigenvalue weighted by Crippen LogP contribution is -2.02. The minimum atomic E-state index is -0.718. The molecule has 2 rings (SSSR count). The van der Waals surface area contributed by atoms with Crippen molar-refractivity contribution in [3.8, 4) is 11.5 Å². The Hall–Kier alpha value is -1.95. The zero-order valence-electron chi connectivity index (χ0n) is 12.7. The summed E-state index contributed by atoms with van der Waals surface area (Å²) in [4.78, 5) is 16.7. The van der Waals surface area contributed by atoms with Gasteiger partial charge in [-0.1, -0.05) is 40.0 Å². The minimum absolute atomic E-state index is 0.150. The van der Waals surface area contributed by atoms with E-state index < -0.39 is 5.97 Å². The van der Waals surface area contributed by atoms with E-state index in [2.05, 4.69) is 5.16 Å². The molecule has 0 radical (unpaired) electrons. The average molecular weight is 389 g/mol. The molecular weight excluding hydrogens is 377 g/mol. The average Bonchev–Trinajstić information content (AvgIpc) is 2.55. The third-order valence-electron chi connectivity index (χ3n) is 2.99. The Kier molecular flexibility index (Phi) is 6.31. The first kappa shape index (κ1) is 18.4. The van der Waals surface area contributed by atoms with Gasteiger partial charge in [-0.3, -0.25) is 0 Å². The number of rotatable bonds is 5. The summed E-state index contributed by atoms with van der Waals surface area (Å²) in [6.07, 6.45) is 1.28. The first-order valence-corrected chi connectivity index (χ1v) is 7.71. The van der Waals surface area contributed by atoms with Crippen LogP contribution in [0.1, 0.15) is 15.9 Å². The predicted molar refractivity (Wildman–Crippen MR) is 94.0 cm³/mol. The fourth-order valence-electron chi connectivity index (χ4n) is 1.84. The second kappa shape index (κ2) is 8.24. The van der Waals surface area contributed by atoms with E-state index in [1.807, 2.05) is 0 Å². The van der Waals surface area contributed by atoms with Crippen molar-refractivity contribution >= 4 is 47.0 Å². The first-order chi connectivity index (χ1) is 11.5. The molecule has 0 bridgehead atoms. The highest BCUT2D eigenvalue weighted by molar-refractivity contribution is 6.36. The molecule has 24 heavy (non-hydrogen) atoms. The Morgan fingerprint density at radius 3 is 2.46 bits per heavy atom. The molecule has 8 heteroatoms. The molecule has 0 unspecified atom stereocenters. The van der Waals surface area contributed by atoms with Crippen molar-refractivity contribution in [2.75, 3.05) is 14.2 Å². The Labute approximate surface area is 153 Å². The third kappa shape index (κ3) is 4.12. The summed E-state index contributed by atoms with van der Waals surface area (Å²) in [5, 5.41) is 4.49. The fourth-order valence-corrected chi connectivity index (χ4v) is 2.61. The van der Waals surface area contributed by atoms with Crippen molar-refractivity contribution in [3.05, 3.63) is 56.5 Å². The van der Waals surface area contributed by atoms with Crippen LogP contribution in [0.3, 0.4) is 0 Å². The van der Waals surface area contributed by atoms with Gasteiger partial charge in [0.05, 0.1) is 36.0 Å². The highest BCUT2D eigenvalue weighted by Gasteiger charge is 2.14. The van der Waals surface area contributed by atoms with Crippen LogP contribution in [0.25, 0.3) is 0 Å². The number of ether oxygens (including phenoxy) is 2. The molecule has 2 aromatic carbocycles. The van der Waals surface area contributed by atoms with Gasteiger partial charge < -0.3 is 14.3 Å². The number of carbonyl (C=O) groups excluding carboxylic acids is 1. The maximum Gasteiger partial charge on any atom is 0.367 e. The van der Waals surface area contributed by atoms with Crippen molar-refractivity contribution < 1.29 is 19.1 Å². The Morgan fingerprint density at radius 1 is 1.08 bits per heavy atom. The van der Waals surface area contributed by atoms with Crippen molar-refractivity contribution in [3.63, 3.8) is 0 Å². The molecule has 0 saturated heterocycles. The monoisotopic (exact) mass is 387 g/mol. The Balaban J connectivity index is 2.16. The molecular formula is C16H12Cl3NO4.